The maximum atomic E-state index is 5.13. The van der Waals surface area contributed by atoms with Crippen LogP contribution < -0.4 is 0 Å². The standard InChI is InChI=1S/C11H18N2S/c1-7(2)5-10-12-9(8(3)4)6-11(14)13-10/h6-8H,5H2,1-4H3,(H,12,13,14). The lowest BCUT2D eigenvalue weighted by atomic mass is 10.1. The van der Waals surface area contributed by atoms with Gasteiger partial charge < -0.3 is 4.98 Å². The molecule has 0 unspecified atom stereocenters. The lowest BCUT2D eigenvalue weighted by molar-refractivity contribution is 0.613. The van der Waals surface area contributed by atoms with Gasteiger partial charge in [-0.15, -0.1) is 0 Å². The predicted molar refractivity (Wildman–Crippen MR) is 62.1 cm³/mol. The van der Waals surface area contributed by atoms with Crippen LogP contribution in [0.1, 0.15) is 45.1 Å². The van der Waals surface area contributed by atoms with Gasteiger partial charge in [-0.05, 0) is 17.9 Å². The molecule has 14 heavy (non-hydrogen) atoms. The molecule has 0 amide bonds. The van der Waals surface area contributed by atoms with E-state index in [2.05, 4.69) is 37.7 Å². The van der Waals surface area contributed by atoms with E-state index in [1.807, 2.05) is 6.07 Å². The number of hydrogen-bond donors (Lipinski definition) is 1. The van der Waals surface area contributed by atoms with Crippen molar-refractivity contribution in [2.75, 3.05) is 0 Å². The van der Waals surface area contributed by atoms with Crippen LogP contribution in [0.2, 0.25) is 0 Å². The summed E-state index contributed by atoms with van der Waals surface area (Å²) in [4.78, 5) is 7.65. The first kappa shape index (κ1) is 11.4. The number of aromatic amines is 1. The first-order chi connectivity index (χ1) is 6.49. The van der Waals surface area contributed by atoms with Crippen LogP contribution >= 0.6 is 12.2 Å². The summed E-state index contributed by atoms with van der Waals surface area (Å²) in [6, 6.07) is 1.95. The topological polar surface area (TPSA) is 28.7 Å². The molecule has 0 aromatic carbocycles. The van der Waals surface area contributed by atoms with Crippen molar-refractivity contribution < 1.29 is 0 Å². The first-order valence-electron chi connectivity index (χ1n) is 5.09. The highest BCUT2D eigenvalue weighted by molar-refractivity contribution is 7.71. The van der Waals surface area contributed by atoms with Crippen molar-refractivity contribution in [1.82, 2.24) is 9.97 Å². The van der Waals surface area contributed by atoms with Crippen molar-refractivity contribution >= 4 is 12.2 Å². The Balaban J connectivity index is 3.01. The summed E-state index contributed by atoms with van der Waals surface area (Å²) in [6.07, 6.45) is 0.962. The summed E-state index contributed by atoms with van der Waals surface area (Å²) < 4.78 is 0.697. The van der Waals surface area contributed by atoms with Gasteiger partial charge >= 0.3 is 0 Å². The lowest BCUT2D eigenvalue weighted by Crippen LogP contribution is -2.04. The molecule has 1 N–H and O–H groups in total. The van der Waals surface area contributed by atoms with Crippen molar-refractivity contribution in [3.8, 4) is 0 Å². The van der Waals surface area contributed by atoms with Crippen molar-refractivity contribution in [1.29, 1.82) is 0 Å². The summed E-state index contributed by atoms with van der Waals surface area (Å²) in [7, 11) is 0. The van der Waals surface area contributed by atoms with Gasteiger partial charge in [0.2, 0.25) is 0 Å². The Hall–Kier alpha value is -0.700. The molecule has 0 saturated carbocycles. The van der Waals surface area contributed by atoms with E-state index in [0.717, 1.165) is 12.2 Å². The number of rotatable bonds is 3. The molecule has 1 heterocycles. The quantitative estimate of drug-likeness (QED) is 0.774. The van der Waals surface area contributed by atoms with Crippen LogP contribution in [0.5, 0.6) is 0 Å². The van der Waals surface area contributed by atoms with Gasteiger partial charge in [-0.1, -0.05) is 39.9 Å². The zero-order chi connectivity index (χ0) is 10.7. The molecule has 0 radical (unpaired) electrons. The van der Waals surface area contributed by atoms with Gasteiger partial charge in [0.1, 0.15) is 10.5 Å². The predicted octanol–water partition coefficient (Wildman–Crippen LogP) is 3.46. The molecule has 0 aliphatic heterocycles. The fourth-order valence-electron chi connectivity index (χ4n) is 1.32. The Kier molecular flexibility index (Phi) is 3.81. The molecule has 0 fully saturated rings. The summed E-state index contributed by atoms with van der Waals surface area (Å²) in [5.41, 5.74) is 1.18. The largest absolute Gasteiger partial charge is 0.347 e. The number of nitrogens with one attached hydrogen (secondary N) is 1. The SMILES string of the molecule is CC(C)Cc1nc(=S)cc(C(C)C)[nH]1. The second-order valence-corrected chi connectivity index (χ2v) is 4.79. The van der Waals surface area contributed by atoms with Crippen LogP contribution in [0.4, 0.5) is 0 Å². The molecular formula is C11H18N2S. The molecular weight excluding hydrogens is 192 g/mol. The maximum absolute atomic E-state index is 5.13. The Labute approximate surface area is 90.8 Å². The molecule has 0 bridgehead atoms. The van der Waals surface area contributed by atoms with Crippen molar-refractivity contribution in [2.24, 2.45) is 5.92 Å². The van der Waals surface area contributed by atoms with Gasteiger partial charge in [-0.3, -0.25) is 0 Å². The van der Waals surface area contributed by atoms with Gasteiger partial charge in [-0.2, -0.15) is 0 Å². The van der Waals surface area contributed by atoms with E-state index in [4.69, 9.17) is 12.2 Å². The van der Waals surface area contributed by atoms with E-state index in [9.17, 15) is 0 Å². The van der Waals surface area contributed by atoms with E-state index < -0.39 is 0 Å². The molecule has 0 aliphatic rings. The van der Waals surface area contributed by atoms with E-state index in [0.29, 0.717) is 16.5 Å². The van der Waals surface area contributed by atoms with Crippen molar-refractivity contribution in [3.63, 3.8) is 0 Å². The number of nitrogens with zero attached hydrogens (tertiary/aromatic N) is 1. The zero-order valence-electron chi connectivity index (χ0n) is 9.29. The minimum atomic E-state index is 0.477. The Morgan fingerprint density at radius 1 is 1.36 bits per heavy atom. The van der Waals surface area contributed by atoms with E-state index in [-0.39, 0.29) is 0 Å². The normalized spacial score (nSPS) is 11.3. The summed E-state index contributed by atoms with van der Waals surface area (Å²) in [6.45, 7) is 8.67. The number of aromatic nitrogens is 2. The minimum absolute atomic E-state index is 0.477. The minimum Gasteiger partial charge on any atom is -0.347 e. The average Bonchev–Trinajstić information content (AvgIpc) is 2.01. The summed E-state index contributed by atoms with van der Waals surface area (Å²) in [5, 5.41) is 0. The molecule has 0 aliphatic carbocycles. The average molecular weight is 210 g/mol. The van der Waals surface area contributed by atoms with Gasteiger partial charge in [0.05, 0.1) is 0 Å². The molecule has 0 spiro atoms. The van der Waals surface area contributed by atoms with Crippen molar-refractivity contribution in [2.45, 2.75) is 40.0 Å². The second kappa shape index (κ2) is 4.69. The highest BCUT2D eigenvalue weighted by atomic mass is 32.1. The molecule has 78 valence electrons. The smallest absolute Gasteiger partial charge is 0.129 e. The highest BCUT2D eigenvalue weighted by Gasteiger charge is 2.04. The Morgan fingerprint density at radius 2 is 2.00 bits per heavy atom. The zero-order valence-corrected chi connectivity index (χ0v) is 10.1. The third-order valence-electron chi connectivity index (χ3n) is 2.04. The maximum Gasteiger partial charge on any atom is 0.129 e. The number of hydrogen-bond acceptors (Lipinski definition) is 2. The van der Waals surface area contributed by atoms with Gasteiger partial charge in [0.15, 0.2) is 0 Å². The Morgan fingerprint density at radius 3 is 2.50 bits per heavy atom. The molecule has 1 rings (SSSR count). The van der Waals surface area contributed by atoms with Gasteiger partial charge in [0.25, 0.3) is 0 Å². The second-order valence-electron chi connectivity index (χ2n) is 4.37. The van der Waals surface area contributed by atoms with Gasteiger partial charge in [-0.25, -0.2) is 4.98 Å². The van der Waals surface area contributed by atoms with Gasteiger partial charge in [0, 0.05) is 12.1 Å². The Bertz CT molecular complexity index is 353. The fourth-order valence-corrected chi connectivity index (χ4v) is 1.56. The van der Waals surface area contributed by atoms with E-state index in [1.165, 1.54) is 5.69 Å². The third-order valence-corrected chi connectivity index (χ3v) is 2.25. The third kappa shape index (κ3) is 3.22. The lowest BCUT2D eigenvalue weighted by Gasteiger charge is -2.09. The van der Waals surface area contributed by atoms with Crippen LogP contribution in [0.25, 0.3) is 0 Å². The van der Waals surface area contributed by atoms with Crippen LogP contribution in [0.3, 0.4) is 0 Å². The fraction of sp³-hybridized carbons (Fsp3) is 0.636. The van der Waals surface area contributed by atoms with Crippen LogP contribution in [0, 0.1) is 10.6 Å². The van der Waals surface area contributed by atoms with Crippen LogP contribution in [-0.4, -0.2) is 9.97 Å². The summed E-state index contributed by atoms with van der Waals surface area (Å²) >= 11 is 5.13. The number of H-pyrrole nitrogens is 1. The van der Waals surface area contributed by atoms with Crippen LogP contribution in [0.15, 0.2) is 6.07 Å². The molecule has 2 nitrogen and oxygen atoms in total. The molecule has 3 heteroatoms. The molecule has 1 aromatic heterocycles. The van der Waals surface area contributed by atoms with Crippen LogP contribution in [-0.2, 0) is 6.42 Å². The van der Waals surface area contributed by atoms with E-state index >= 15 is 0 Å². The molecule has 1 aromatic rings. The first-order valence-corrected chi connectivity index (χ1v) is 5.50. The van der Waals surface area contributed by atoms with E-state index in [1.54, 1.807) is 0 Å². The highest BCUT2D eigenvalue weighted by Crippen LogP contribution is 2.12. The molecule has 0 saturated heterocycles. The summed E-state index contributed by atoms with van der Waals surface area (Å²) in [5.74, 6) is 2.09. The monoisotopic (exact) mass is 210 g/mol. The molecule has 0 atom stereocenters. The van der Waals surface area contributed by atoms with Crippen molar-refractivity contribution in [3.05, 3.63) is 22.2 Å².